The Morgan fingerprint density at radius 1 is 1.22 bits per heavy atom. The summed E-state index contributed by atoms with van der Waals surface area (Å²) < 4.78 is 9.83. The van der Waals surface area contributed by atoms with E-state index in [4.69, 9.17) is 9.47 Å². The number of aromatic nitrogens is 2. The standard InChI is InChI=1S/C13H12N2O3/c1-17-10-7-11(9-3-5-14-6-4-9)12(15-8-10)13(16)18-2/h3-8H,1-2H3. The van der Waals surface area contributed by atoms with Gasteiger partial charge in [-0.25, -0.2) is 9.78 Å². The second-order valence-corrected chi connectivity index (χ2v) is 3.50. The first-order valence-electron chi connectivity index (χ1n) is 5.29. The monoisotopic (exact) mass is 244 g/mol. The normalized spacial score (nSPS) is 9.89. The van der Waals surface area contributed by atoms with Crippen LogP contribution in [0.4, 0.5) is 0 Å². The highest BCUT2D eigenvalue weighted by atomic mass is 16.5. The van der Waals surface area contributed by atoms with Crippen LogP contribution in [0.1, 0.15) is 10.5 Å². The van der Waals surface area contributed by atoms with Gasteiger partial charge in [0.25, 0.3) is 0 Å². The lowest BCUT2D eigenvalue weighted by atomic mass is 10.1. The van der Waals surface area contributed by atoms with E-state index in [9.17, 15) is 4.79 Å². The molecule has 0 unspecified atom stereocenters. The zero-order chi connectivity index (χ0) is 13.0. The molecular weight excluding hydrogens is 232 g/mol. The molecule has 0 saturated carbocycles. The zero-order valence-electron chi connectivity index (χ0n) is 10.1. The van der Waals surface area contributed by atoms with Gasteiger partial charge >= 0.3 is 5.97 Å². The van der Waals surface area contributed by atoms with Crippen LogP contribution < -0.4 is 4.74 Å². The average molecular weight is 244 g/mol. The number of esters is 1. The number of carbonyl (C=O) groups is 1. The van der Waals surface area contributed by atoms with E-state index in [0.29, 0.717) is 11.3 Å². The molecule has 0 saturated heterocycles. The third-order valence-electron chi connectivity index (χ3n) is 2.47. The van der Waals surface area contributed by atoms with Crippen molar-refractivity contribution in [2.45, 2.75) is 0 Å². The molecule has 92 valence electrons. The molecule has 2 heterocycles. The molecule has 0 amide bonds. The van der Waals surface area contributed by atoms with Gasteiger partial charge in [-0.3, -0.25) is 4.98 Å². The Labute approximate surface area is 104 Å². The smallest absolute Gasteiger partial charge is 0.357 e. The Balaban J connectivity index is 2.58. The summed E-state index contributed by atoms with van der Waals surface area (Å²) in [5.74, 6) is 0.0962. The third-order valence-corrected chi connectivity index (χ3v) is 2.47. The molecule has 0 aliphatic heterocycles. The fourth-order valence-electron chi connectivity index (χ4n) is 1.57. The maximum atomic E-state index is 11.7. The zero-order valence-corrected chi connectivity index (χ0v) is 10.1. The van der Waals surface area contributed by atoms with Gasteiger partial charge in [0, 0.05) is 18.0 Å². The Bertz CT molecular complexity index is 555. The van der Waals surface area contributed by atoms with E-state index in [-0.39, 0.29) is 5.69 Å². The number of hydrogen-bond acceptors (Lipinski definition) is 5. The summed E-state index contributed by atoms with van der Waals surface area (Å²) in [5.41, 5.74) is 1.74. The van der Waals surface area contributed by atoms with E-state index in [1.165, 1.54) is 13.3 Å². The van der Waals surface area contributed by atoms with Crippen molar-refractivity contribution < 1.29 is 14.3 Å². The lowest BCUT2D eigenvalue weighted by Gasteiger charge is -2.08. The van der Waals surface area contributed by atoms with Gasteiger partial charge in [-0.05, 0) is 23.8 Å². The van der Waals surface area contributed by atoms with Crippen molar-refractivity contribution in [1.29, 1.82) is 0 Å². The second-order valence-electron chi connectivity index (χ2n) is 3.50. The van der Waals surface area contributed by atoms with E-state index in [1.807, 2.05) is 0 Å². The minimum absolute atomic E-state index is 0.254. The number of rotatable bonds is 3. The second kappa shape index (κ2) is 5.27. The molecule has 2 aromatic rings. The predicted octanol–water partition coefficient (Wildman–Crippen LogP) is 1.94. The van der Waals surface area contributed by atoms with Crippen LogP contribution in [-0.4, -0.2) is 30.2 Å². The van der Waals surface area contributed by atoms with Crippen LogP contribution in [0, 0.1) is 0 Å². The molecule has 0 aliphatic rings. The number of hydrogen-bond donors (Lipinski definition) is 0. The van der Waals surface area contributed by atoms with E-state index in [0.717, 1.165) is 5.56 Å². The van der Waals surface area contributed by atoms with Gasteiger partial charge in [-0.15, -0.1) is 0 Å². The van der Waals surface area contributed by atoms with Crippen molar-refractivity contribution in [2.24, 2.45) is 0 Å². The summed E-state index contributed by atoms with van der Waals surface area (Å²) in [7, 11) is 2.87. The van der Waals surface area contributed by atoms with Gasteiger partial charge in [-0.2, -0.15) is 0 Å². The van der Waals surface area contributed by atoms with Crippen LogP contribution in [0.15, 0.2) is 36.8 Å². The number of pyridine rings is 2. The highest BCUT2D eigenvalue weighted by Gasteiger charge is 2.16. The Kier molecular flexibility index (Phi) is 3.52. The van der Waals surface area contributed by atoms with Crippen LogP contribution in [0.2, 0.25) is 0 Å². The van der Waals surface area contributed by atoms with Crippen molar-refractivity contribution in [3.05, 3.63) is 42.5 Å². The van der Waals surface area contributed by atoms with Crippen LogP contribution >= 0.6 is 0 Å². The molecule has 5 heteroatoms. The van der Waals surface area contributed by atoms with Crippen molar-refractivity contribution >= 4 is 5.97 Å². The van der Waals surface area contributed by atoms with E-state index in [2.05, 4.69) is 9.97 Å². The van der Waals surface area contributed by atoms with E-state index >= 15 is 0 Å². The molecule has 0 N–H and O–H groups in total. The number of ether oxygens (including phenoxy) is 2. The quantitative estimate of drug-likeness (QED) is 0.772. The van der Waals surface area contributed by atoms with Gasteiger partial charge in [0.2, 0.25) is 0 Å². The SMILES string of the molecule is COC(=O)c1ncc(OC)cc1-c1ccncc1. The molecular formula is C13H12N2O3. The summed E-state index contributed by atoms with van der Waals surface area (Å²) in [6.07, 6.45) is 4.78. The summed E-state index contributed by atoms with van der Waals surface area (Å²) in [6.45, 7) is 0. The molecule has 2 aromatic heterocycles. The lowest BCUT2D eigenvalue weighted by Crippen LogP contribution is -2.06. The number of nitrogens with zero attached hydrogens (tertiary/aromatic N) is 2. The maximum absolute atomic E-state index is 11.7. The molecule has 0 aliphatic carbocycles. The van der Waals surface area contributed by atoms with E-state index < -0.39 is 5.97 Å². The first kappa shape index (κ1) is 12.0. The van der Waals surface area contributed by atoms with Crippen molar-refractivity contribution in [3.8, 4) is 16.9 Å². The summed E-state index contributed by atoms with van der Waals surface area (Å²) >= 11 is 0. The minimum Gasteiger partial charge on any atom is -0.495 e. The van der Waals surface area contributed by atoms with Gasteiger partial charge in [0.05, 0.1) is 20.4 Å². The third kappa shape index (κ3) is 2.29. The number of carbonyl (C=O) groups excluding carboxylic acids is 1. The molecule has 0 aromatic carbocycles. The molecule has 0 bridgehead atoms. The Morgan fingerprint density at radius 3 is 2.56 bits per heavy atom. The molecule has 5 nitrogen and oxygen atoms in total. The van der Waals surface area contributed by atoms with Crippen LogP contribution in [-0.2, 0) is 4.74 Å². The summed E-state index contributed by atoms with van der Waals surface area (Å²) in [5, 5.41) is 0. The number of methoxy groups -OCH3 is 2. The molecule has 18 heavy (non-hydrogen) atoms. The minimum atomic E-state index is -0.482. The average Bonchev–Trinajstić information content (AvgIpc) is 2.46. The molecule has 0 fully saturated rings. The van der Waals surface area contributed by atoms with Gasteiger partial charge in [-0.1, -0.05) is 0 Å². The molecule has 0 radical (unpaired) electrons. The Morgan fingerprint density at radius 2 is 1.94 bits per heavy atom. The van der Waals surface area contributed by atoms with Crippen molar-refractivity contribution in [1.82, 2.24) is 9.97 Å². The maximum Gasteiger partial charge on any atom is 0.357 e. The van der Waals surface area contributed by atoms with Crippen molar-refractivity contribution in [3.63, 3.8) is 0 Å². The lowest BCUT2D eigenvalue weighted by molar-refractivity contribution is 0.0595. The largest absolute Gasteiger partial charge is 0.495 e. The fourth-order valence-corrected chi connectivity index (χ4v) is 1.57. The topological polar surface area (TPSA) is 61.3 Å². The van der Waals surface area contributed by atoms with E-state index in [1.54, 1.807) is 37.7 Å². The molecule has 0 spiro atoms. The molecule has 0 atom stereocenters. The predicted molar refractivity (Wildman–Crippen MR) is 65.4 cm³/mol. The Hall–Kier alpha value is -2.43. The van der Waals surface area contributed by atoms with Gasteiger partial charge < -0.3 is 9.47 Å². The first-order valence-corrected chi connectivity index (χ1v) is 5.29. The van der Waals surface area contributed by atoms with Gasteiger partial charge in [0.15, 0.2) is 5.69 Å². The van der Waals surface area contributed by atoms with Crippen LogP contribution in [0.5, 0.6) is 5.75 Å². The van der Waals surface area contributed by atoms with Crippen LogP contribution in [0.3, 0.4) is 0 Å². The summed E-state index contributed by atoms with van der Waals surface area (Å²) in [4.78, 5) is 19.7. The highest BCUT2D eigenvalue weighted by Crippen LogP contribution is 2.26. The van der Waals surface area contributed by atoms with Crippen molar-refractivity contribution in [2.75, 3.05) is 14.2 Å². The van der Waals surface area contributed by atoms with Crippen LogP contribution in [0.25, 0.3) is 11.1 Å². The summed E-state index contributed by atoms with van der Waals surface area (Å²) in [6, 6.07) is 5.33. The highest BCUT2D eigenvalue weighted by molar-refractivity contribution is 5.95. The molecule has 2 rings (SSSR count). The first-order chi connectivity index (χ1) is 8.76. The fraction of sp³-hybridized carbons (Fsp3) is 0.154. The van der Waals surface area contributed by atoms with Gasteiger partial charge in [0.1, 0.15) is 5.75 Å².